The van der Waals surface area contributed by atoms with Crippen LogP contribution in [-0.4, -0.2) is 0 Å². The average molecular weight is 164 g/mol. The molecule has 0 atom stereocenters. The van der Waals surface area contributed by atoms with E-state index in [1.807, 2.05) is 32.1 Å². The van der Waals surface area contributed by atoms with Gasteiger partial charge < -0.3 is 0 Å². The molecule has 0 aromatic carbocycles. The minimum absolute atomic E-state index is 0.944. The highest BCUT2D eigenvalue weighted by molar-refractivity contribution is 4.94. The number of allylic oxidation sites excluding steroid dienone is 5. The van der Waals surface area contributed by atoms with Crippen LogP contribution in [0.3, 0.4) is 0 Å². The van der Waals surface area contributed by atoms with Crippen molar-refractivity contribution in [2.75, 3.05) is 0 Å². The summed E-state index contributed by atoms with van der Waals surface area (Å²) in [7, 11) is 0. The van der Waals surface area contributed by atoms with Crippen molar-refractivity contribution in [3.05, 3.63) is 49.6 Å². The second-order valence-electron chi connectivity index (χ2n) is 2.54. The monoisotopic (exact) mass is 164 g/mol. The third kappa shape index (κ3) is 23.1. The normalized spacial score (nSPS) is 8.50. The molecule has 0 aromatic heterocycles. The van der Waals surface area contributed by atoms with Crippen molar-refractivity contribution < 1.29 is 0 Å². The molecule has 68 valence electrons. The van der Waals surface area contributed by atoms with Crippen molar-refractivity contribution in [1.82, 2.24) is 0 Å². The lowest BCUT2D eigenvalue weighted by atomic mass is 10.2. The maximum atomic E-state index is 3.67. The van der Waals surface area contributed by atoms with Crippen molar-refractivity contribution in [1.29, 1.82) is 0 Å². The summed E-state index contributed by atoms with van der Waals surface area (Å²) < 4.78 is 0. The Balaban J connectivity index is 0. The van der Waals surface area contributed by atoms with Gasteiger partial charge in [0.15, 0.2) is 0 Å². The van der Waals surface area contributed by atoms with Crippen molar-refractivity contribution in [3.8, 4) is 0 Å². The molecule has 0 heterocycles. The van der Waals surface area contributed by atoms with E-state index in [0.29, 0.717) is 0 Å². The molecule has 12 heavy (non-hydrogen) atoms. The zero-order valence-corrected chi connectivity index (χ0v) is 8.34. The van der Waals surface area contributed by atoms with Crippen molar-refractivity contribution >= 4 is 0 Å². The van der Waals surface area contributed by atoms with Gasteiger partial charge in [0.05, 0.1) is 0 Å². The second kappa shape index (κ2) is 12.6. The third-order valence-corrected chi connectivity index (χ3v) is 1.03. The Bertz CT molecular complexity index is 149. The largest absolute Gasteiger partial charge is 0.103 e. The van der Waals surface area contributed by atoms with Gasteiger partial charge in [0, 0.05) is 0 Å². The third-order valence-electron chi connectivity index (χ3n) is 1.03. The SMILES string of the molecule is C=CCC(=C)C.C=CCC=CC. The molecular formula is C12H20. The van der Waals surface area contributed by atoms with Gasteiger partial charge in [-0.2, -0.15) is 0 Å². The van der Waals surface area contributed by atoms with Crippen molar-refractivity contribution in [3.63, 3.8) is 0 Å². The number of hydrogen-bond donors (Lipinski definition) is 0. The first-order chi connectivity index (χ1) is 5.68. The first-order valence-electron chi connectivity index (χ1n) is 4.16. The fourth-order valence-electron chi connectivity index (χ4n) is 0.479. The van der Waals surface area contributed by atoms with Crippen LogP contribution in [0.15, 0.2) is 49.6 Å². The van der Waals surface area contributed by atoms with E-state index in [1.54, 1.807) is 0 Å². The van der Waals surface area contributed by atoms with E-state index in [9.17, 15) is 0 Å². The molecule has 0 nitrogen and oxygen atoms in total. The van der Waals surface area contributed by atoms with Crippen LogP contribution in [0.25, 0.3) is 0 Å². The molecule has 0 bridgehead atoms. The highest BCUT2D eigenvalue weighted by atomic mass is 13.8. The van der Waals surface area contributed by atoms with Crippen LogP contribution in [0.2, 0.25) is 0 Å². The van der Waals surface area contributed by atoms with Gasteiger partial charge in [-0.05, 0) is 26.7 Å². The molecule has 0 unspecified atom stereocenters. The molecule has 0 amide bonds. The standard InChI is InChI=1S/2C6H10/c1-4-5-6(2)3;1-3-5-6-4-2/h4H,1-2,5H2,3H3;3-4,6H,1,5H2,2H3. The Labute approximate surface area is 77.0 Å². The van der Waals surface area contributed by atoms with Crippen LogP contribution in [0, 0.1) is 0 Å². The molecule has 0 aliphatic heterocycles. The second-order valence-corrected chi connectivity index (χ2v) is 2.54. The Hall–Kier alpha value is -1.04. The topological polar surface area (TPSA) is 0 Å². The van der Waals surface area contributed by atoms with Gasteiger partial charge in [0.1, 0.15) is 0 Å². The molecule has 0 rings (SSSR count). The predicted octanol–water partition coefficient (Wildman–Crippen LogP) is 4.28. The fourth-order valence-corrected chi connectivity index (χ4v) is 0.479. The summed E-state index contributed by atoms with van der Waals surface area (Å²) in [6.07, 6.45) is 9.74. The Morgan fingerprint density at radius 1 is 1.25 bits per heavy atom. The van der Waals surface area contributed by atoms with Gasteiger partial charge in [0.2, 0.25) is 0 Å². The Kier molecular flexibility index (Phi) is 14.2. The summed E-state index contributed by atoms with van der Waals surface area (Å²) >= 11 is 0. The van der Waals surface area contributed by atoms with Crippen LogP contribution >= 0.6 is 0 Å². The summed E-state index contributed by atoms with van der Waals surface area (Å²) in [6.45, 7) is 14.8. The number of rotatable bonds is 4. The molecule has 0 radical (unpaired) electrons. The molecule has 0 aliphatic rings. The van der Waals surface area contributed by atoms with Gasteiger partial charge in [0.25, 0.3) is 0 Å². The summed E-state index contributed by atoms with van der Waals surface area (Å²) in [5.74, 6) is 0. The van der Waals surface area contributed by atoms with Crippen LogP contribution in [0.1, 0.15) is 26.7 Å². The van der Waals surface area contributed by atoms with Gasteiger partial charge >= 0.3 is 0 Å². The zero-order valence-electron chi connectivity index (χ0n) is 8.34. The summed E-state index contributed by atoms with van der Waals surface area (Å²) in [4.78, 5) is 0. The van der Waals surface area contributed by atoms with E-state index in [4.69, 9.17) is 0 Å². The Morgan fingerprint density at radius 2 is 1.83 bits per heavy atom. The molecule has 0 N–H and O–H groups in total. The van der Waals surface area contributed by atoms with Crippen LogP contribution in [-0.2, 0) is 0 Å². The van der Waals surface area contributed by atoms with Crippen LogP contribution < -0.4 is 0 Å². The first-order valence-corrected chi connectivity index (χ1v) is 4.16. The zero-order chi connectivity index (χ0) is 9.82. The molecule has 0 heteroatoms. The minimum atomic E-state index is 0.944. The molecule has 0 spiro atoms. The van der Waals surface area contributed by atoms with E-state index in [0.717, 1.165) is 12.8 Å². The first kappa shape index (κ1) is 13.5. The van der Waals surface area contributed by atoms with Crippen LogP contribution in [0.5, 0.6) is 0 Å². The predicted molar refractivity (Wildman–Crippen MR) is 59.3 cm³/mol. The molecule has 0 saturated heterocycles. The Morgan fingerprint density at radius 3 is 1.92 bits per heavy atom. The smallest absolute Gasteiger partial charge is 0.0147 e. The van der Waals surface area contributed by atoms with E-state index < -0.39 is 0 Å². The summed E-state index contributed by atoms with van der Waals surface area (Å²) in [5.41, 5.74) is 1.17. The highest BCUT2D eigenvalue weighted by Gasteiger charge is 1.71. The van der Waals surface area contributed by atoms with Gasteiger partial charge in [-0.3, -0.25) is 0 Å². The van der Waals surface area contributed by atoms with E-state index >= 15 is 0 Å². The molecule has 0 saturated carbocycles. The average Bonchev–Trinajstić information content (AvgIpc) is 2.02. The highest BCUT2D eigenvalue weighted by Crippen LogP contribution is 1.92. The van der Waals surface area contributed by atoms with E-state index in [-0.39, 0.29) is 0 Å². The van der Waals surface area contributed by atoms with Gasteiger partial charge in [-0.1, -0.05) is 36.5 Å². The molecule has 0 fully saturated rings. The number of hydrogen-bond acceptors (Lipinski definition) is 0. The van der Waals surface area contributed by atoms with Crippen molar-refractivity contribution in [2.45, 2.75) is 26.7 Å². The summed E-state index contributed by atoms with van der Waals surface area (Å²) in [6, 6.07) is 0. The van der Waals surface area contributed by atoms with E-state index in [2.05, 4.69) is 25.8 Å². The van der Waals surface area contributed by atoms with E-state index in [1.165, 1.54) is 5.57 Å². The maximum Gasteiger partial charge on any atom is -0.0147 e. The molecule has 0 aliphatic carbocycles. The quantitative estimate of drug-likeness (QED) is 0.544. The lowest BCUT2D eigenvalue weighted by Crippen LogP contribution is -1.61. The molecule has 0 aromatic rings. The molecular weight excluding hydrogens is 144 g/mol. The fraction of sp³-hybridized carbons (Fsp3) is 0.333. The van der Waals surface area contributed by atoms with Gasteiger partial charge in [-0.25, -0.2) is 0 Å². The maximum absolute atomic E-state index is 3.67. The van der Waals surface area contributed by atoms with Crippen molar-refractivity contribution in [2.24, 2.45) is 0 Å². The van der Waals surface area contributed by atoms with Crippen LogP contribution in [0.4, 0.5) is 0 Å². The lowest BCUT2D eigenvalue weighted by Gasteiger charge is -1.82. The lowest BCUT2D eigenvalue weighted by molar-refractivity contribution is 1.23. The minimum Gasteiger partial charge on any atom is -0.103 e. The summed E-state index contributed by atoms with van der Waals surface area (Å²) in [5, 5.41) is 0. The van der Waals surface area contributed by atoms with Gasteiger partial charge in [-0.15, -0.1) is 13.2 Å².